The molecule has 0 aliphatic rings. The van der Waals surface area contributed by atoms with Crippen LogP contribution in [0.4, 0.5) is 10.8 Å². The molecular weight excluding hydrogens is 264 g/mol. The predicted octanol–water partition coefficient (Wildman–Crippen LogP) is 3.76. The lowest BCUT2D eigenvalue weighted by atomic mass is 10.2. The number of nitrogens with zero attached hydrogens (tertiary/aromatic N) is 2. The average molecular weight is 282 g/mol. The monoisotopic (exact) mass is 282 g/mol. The molecule has 0 aromatic carbocycles. The number of nitrogens with one attached hydrogen (secondary N) is 1. The summed E-state index contributed by atoms with van der Waals surface area (Å²) in [5.74, 6) is 0.572. The fraction of sp³-hybridized carbons (Fsp3) is 0.500. The number of thiazole rings is 1. The van der Waals surface area contributed by atoms with Gasteiger partial charge in [-0.25, -0.2) is 4.98 Å². The van der Waals surface area contributed by atoms with Gasteiger partial charge in [0.05, 0.1) is 16.3 Å². The van der Waals surface area contributed by atoms with Crippen LogP contribution in [0, 0.1) is 6.92 Å². The smallest absolute Gasteiger partial charge is 0.148 e. The fourth-order valence-electron chi connectivity index (χ4n) is 1.73. The third-order valence-electron chi connectivity index (χ3n) is 2.66. The van der Waals surface area contributed by atoms with Crippen molar-refractivity contribution in [3.63, 3.8) is 0 Å². The second-order valence-corrected chi connectivity index (χ2v) is 5.99. The summed E-state index contributed by atoms with van der Waals surface area (Å²) in [6.45, 7) is 5.16. The summed E-state index contributed by atoms with van der Waals surface area (Å²) < 4.78 is 4.22. The first-order valence-corrected chi connectivity index (χ1v) is 7.79. The normalized spacial score (nSPS) is 10.8. The Balaban J connectivity index is 2.12. The quantitative estimate of drug-likeness (QED) is 0.792. The van der Waals surface area contributed by atoms with Crippen molar-refractivity contribution in [3.05, 3.63) is 10.4 Å². The molecule has 0 fully saturated rings. The molecule has 2 heterocycles. The van der Waals surface area contributed by atoms with Gasteiger partial charge in [-0.15, -0.1) is 11.3 Å². The maximum atomic E-state index is 5.94. The van der Waals surface area contributed by atoms with Gasteiger partial charge >= 0.3 is 0 Å². The van der Waals surface area contributed by atoms with Crippen LogP contribution in [0.1, 0.15) is 31.2 Å². The maximum absolute atomic E-state index is 5.94. The van der Waals surface area contributed by atoms with E-state index in [1.54, 1.807) is 11.3 Å². The van der Waals surface area contributed by atoms with E-state index in [1.165, 1.54) is 30.8 Å². The van der Waals surface area contributed by atoms with E-state index < -0.39 is 0 Å². The second-order valence-electron chi connectivity index (χ2n) is 4.16. The van der Waals surface area contributed by atoms with Crippen LogP contribution >= 0.6 is 22.9 Å². The third kappa shape index (κ3) is 3.00. The van der Waals surface area contributed by atoms with E-state index in [1.807, 2.05) is 12.3 Å². The van der Waals surface area contributed by atoms with Crippen molar-refractivity contribution in [1.29, 1.82) is 0 Å². The van der Waals surface area contributed by atoms with Crippen molar-refractivity contribution in [2.24, 2.45) is 0 Å². The lowest BCUT2D eigenvalue weighted by Gasteiger charge is -2.04. The summed E-state index contributed by atoms with van der Waals surface area (Å²) in [6, 6.07) is 0. The van der Waals surface area contributed by atoms with Crippen LogP contribution < -0.4 is 11.1 Å². The molecule has 0 saturated carbocycles. The molecule has 0 saturated heterocycles. The van der Waals surface area contributed by atoms with E-state index in [2.05, 4.69) is 21.6 Å². The molecule has 0 unspecified atom stereocenters. The zero-order chi connectivity index (χ0) is 13.0. The summed E-state index contributed by atoms with van der Waals surface area (Å²) in [7, 11) is 0. The van der Waals surface area contributed by atoms with Gasteiger partial charge in [0, 0.05) is 11.9 Å². The van der Waals surface area contributed by atoms with Gasteiger partial charge in [-0.2, -0.15) is 4.37 Å². The minimum Gasteiger partial charge on any atom is -0.382 e. The van der Waals surface area contributed by atoms with E-state index in [4.69, 9.17) is 5.73 Å². The lowest BCUT2D eigenvalue weighted by Crippen LogP contribution is -2.01. The highest BCUT2D eigenvalue weighted by Crippen LogP contribution is 2.36. The van der Waals surface area contributed by atoms with Crippen molar-refractivity contribution in [1.82, 2.24) is 9.36 Å². The second kappa shape index (κ2) is 6.15. The Morgan fingerprint density at radius 1 is 1.39 bits per heavy atom. The molecule has 0 radical (unpaired) electrons. The van der Waals surface area contributed by atoms with Crippen molar-refractivity contribution < 1.29 is 0 Å². The topological polar surface area (TPSA) is 63.8 Å². The van der Waals surface area contributed by atoms with Crippen LogP contribution in [0.25, 0.3) is 11.3 Å². The average Bonchev–Trinajstić information content (AvgIpc) is 2.91. The Labute approximate surface area is 115 Å². The predicted molar refractivity (Wildman–Crippen MR) is 80.4 cm³/mol. The molecule has 2 aromatic rings. The molecule has 0 atom stereocenters. The number of hydrogen-bond acceptors (Lipinski definition) is 6. The van der Waals surface area contributed by atoms with Crippen LogP contribution in [-0.4, -0.2) is 15.9 Å². The highest BCUT2D eigenvalue weighted by atomic mass is 32.1. The highest BCUT2D eigenvalue weighted by molar-refractivity contribution is 7.11. The van der Waals surface area contributed by atoms with Crippen molar-refractivity contribution in [2.75, 3.05) is 17.6 Å². The fourth-order valence-corrected chi connectivity index (χ4v) is 3.08. The number of unbranched alkanes of at least 4 members (excludes halogenated alkanes) is 2. The minimum atomic E-state index is 0.572. The molecular formula is C12H18N4S2. The number of aryl methyl sites for hydroxylation is 1. The molecule has 2 aromatic heterocycles. The van der Waals surface area contributed by atoms with Crippen molar-refractivity contribution in [3.8, 4) is 11.3 Å². The first-order chi connectivity index (χ1) is 8.72. The third-order valence-corrected chi connectivity index (χ3v) is 4.25. The molecule has 0 aliphatic carbocycles. The van der Waals surface area contributed by atoms with Crippen LogP contribution in [0.2, 0.25) is 0 Å². The molecule has 4 nitrogen and oxygen atoms in total. The summed E-state index contributed by atoms with van der Waals surface area (Å²) in [6.07, 6.45) is 3.64. The van der Waals surface area contributed by atoms with Gasteiger partial charge in [0.1, 0.15) is 10.8 Å². The van der Waals surface area contributed by atoms with E-state index in [9.17, 15) is 0 Å². The van der Waals surface area contributed by atoms with Crippen LogP contribution in [0.5, 0.6) is 0 Å². The first kappa shape index (κ1) is 13.3. The SMILES string of the molecule is CCCCCNc1snc(N)c1-c1csc(C)n1. The van der Waals surface area contributed by atoms with E-state index in [0.717, 1.165) is 27.8 Å². The van der Waals surface area contributed by atoms with E-state index in [-0.39, 0.29) is 0 Å². The minimum absolute atomic E-state index is 0.572. The summed E-state index contributed by atoms with van der Waals surface area (Å²) >= 11 is 3.05. The molecule has 3 N–H and O–H groups in total. The summed E-state index contributed by atoms with van der Waals surface area (Å²) in [5, 5.41) is 7.54. The van der Waals surface area contributed by atoms with Gasteiger partial charge < -0.3 is 11.1 Å². The summed E-state index contributed by atoms with van der Waals surface area (Å²) in [5.41, 5.74) is 7.83. The lowest BCUT2D eigenvalue weighted by molar-refractivity contribution is 0.744. The molecule has 18 heavy (non-hydrogen) atoms. The Morgan fingerprint density at radius 2 is 2.22 bits per heavy atom. The highest BCUT2D eigenvalue weighted by Gasteiger charge is 2.15. The van der Waals surface area contributed by atoms with Gasteiger partial charge in [-0.1, -0.05) is 19.8 Å². The van der Waals surface area contributed by atoms with Gasteiger partial charge in [-0.05, 0) is 24.9 Å². The molecule has 0 aliphatic heterocycles. The standard InChI is InChI=1S/C12H18N4S2/c1-3-4-5-6-14-12-10(11(13)16-18-12)9-7-17-8(2)15-9/h7,14H,3-6H2,1-2H3,(H2,13,16). The Morgan fingerprint density at radius 3 is 2.89 bits per heavy atom. The van der Waals surface area contributed by atoms with Gasteiger partial charge in [-0.3, -0.25) is 0 Å². The summed E-state index contributed by atoms with van der Waals surface area (Å²) in [4.78, 5) is 4.48. The Kier molecular flexibility index (Phi) is 4.54. The Hall–Kier alpha value is -1.14. The molecule has 0 spiro atoms. The zero-order valence-corrected chi connectivity index (χ0v) is 12.3. The number of nitrogen functional groups attached to an aromatic ring is 1. The molecule has 0 bridgehead atoms. The first-order valence-electron chi connectivity index (χ1n) is 6.14. The molecule has 6 heteroatoms. The molecule has 98 valence electrons. The van der Waals surface area contributed by atoms with Gasteiger partial charge in [0.2, 0.25) is 0 Å². The molecule has 0 amide bonds. The zero-order valence-electron chi connectivity index (χ0n) is 10.7. The van der Waals surface area contributed by atoms with E-state index >= 15 is 0 Å². The number of aromatic nitrogens is 2. The van der Waals surface area contributed by atoms with Crippen LogP contribution in [-0.2, 0) is 0 Å². The molecule has 2 rings (SSSR count). The van der Waals surface area contributed by atoms with Crippen molar-refractivity contribution in [2.45, 2.75) is 33.1 Å². The van der Waals surface area contributed by atoms with Gasteiger partial charge in [0.15, 0.2) is 0 Å². The number of rotatable bonds is 6. The van der Waals surface area contributed by atoms with E-state index in [0.29, 0.717) is 5.82 Å². The largest absolute Gasteiger partial charge is 0.382 e. The number of anilines is 2. The maximum Gasteiger partial charge on any atom is 0.148 e. The van der Waals surface area contributed by atoms with Crippen LogP contribution in [0.15, 0.2) is 5.38 Å². The van der Waals surface area contributed by atoms with Gasteiger partial charge in [0.25, 0.3) is 0 Å². The van der Waals surface area contributed by atoms with Crippen LogP contribution in [0.3, 0.4) is 0 Å². The van der Waals surface area contributed by atoms with Crippen molar-refractivity contribution >= 4 is 33.7 Å². The number of hydrogen-bond donors (Lipinski definition) is 2. The number of nitrogens with two attached hydrogens (primary N) is 1. The Bertz CT molecular complexity index is 504.